The molecule has 3 nitrogen and oxygen atoms in total. The second kappa shape index (κ2) is 3.64. The molecular formula is C10H7ClN2O. The van der Waals surface area contributed by atoms with Crippen LogP contribution in [0.4, 0.5) is 0 Å². The lowest BCUT2D eigenvalue weighted by Gasteiger charge is -1.93. The number of halogens is 1. The maximum absolute atomic E-state index is 10.2. The second-order valence-corrected chi connectivity index (χ2v) is 3.07. The van der Waals surface area contributed by atoms with E-state index in [9.17, 15) is 4.79 Å². The van der Waals surface area contributed by atoms with Gasteiger partial charge < -0.3 is 0 Å². The Hall–Kier alpha value is -1.61. The number of pyridine rings is 1. The van der Waals surface area contributed by atoms with Crippen molar-refractivity contribution >= 4 is 29.6 Å². The summed E-state index contributed by atoms with van der Waals surface area (Å²) in [5, 5.41) is 0.398. The minimum absolute atomic E-state index is 0.398. The van der Waals surface area contributed by atoms with Crippen molar-refractivity contribution in [2.24, 2.45) is 0 Å². The number of carbonyl (C=O) groups is 1. The van der Waals surface area contributed by atoms with Crippen molar-refractivity contribution in [3.63, 3.8) is 0 Å². The Labute approximate surface area is 85.6 Å². The summed E-state index contributed by atoms with van der Waals surface area (Å²) in [7, 11) is 0. The van der Waals surface area contributed by atoms with Crippen LogP contribution in [0.15, 0.2) is 30.5 Å². The van der Waals surface area contributed by atoms with Crippen LogP contribution in [0.2, 0.25) is 5.15 Å². The number of imidazole rings is 1. The number of hydrogen-bond donors (Lipinski definition) is 0. The monoisotopic (exact) mass is 206 g/mol. The zero-order valence-electron chi connectivity index (χ0n) is 7.22. The van der Waals surface area contributed by atoms with Gasteiger partial charge in [0.25, 0.3) is 0 Å². The lowest BCUT2D eigenvalue weighted by atomic mass is 10.4. The predicted octanol–water partition coefficient (Wildman–Crippen LogP) is 2.20. The van der Waals surface area contributed by atoms with Gasteiger partial charge in [0.05, 0.1) is 5.69 Å². The Morgan fingerprint density at radius 1 is 1.43 bits per heavy atom. The van der Waals surface area contributed by atoms with Crippen molar-refractivity contribution in [1.29, 1.82) is 0 Å². The zero-order valence-corrected chi connectivity index (χ0v) is 7.98. The van der Waals surface area contributed by atoms with Crippen molar-refractivity contribution in [2.45, 2.75) is 0 Å². The summed E-state index contributed by atoms with van der Waals surface area (Å²) in [6, 6.07) is 5.61. The van der Waals surface area contributed by atoms with Gasteiger partial charge in [0.2, 0.25) is 0 Å². The average Bonchev–Trinajstić information content (AvgIpc) is 2.51. The summed E-state index contributed by atoms with van der Waals surface area (Å²) in [5.41, 5.74) is 1.48. The fourth-order valence-electron chi connectivity index (χ4n) is 1.27. The Morgan fingerprint density at radius 2 is 2.29 bits per heavy atom. The molecule has 2 heterocycles. The first-order chi connectivity index (χ1) is 6.83. The van der Waals surface area contributed by atoms with E-state index in [0.717, 1.165) is 11.3 Å². The number of aromatic nitrogens is 2. The molecule has 2 rings (SSSR count). The van der Waals surface area contributed by atoms with Crippen LogP contribution in [0.3, 0.4) is 0 Å². The molecule has 2 aromatic heterocycles. The fourth-order valence-corrected chi connectivity index (χ4v) is 1.51. The fraction of sp³-hybridized carbons (Fsp3) is 0. The number of hydrogen-bond acceptors (Lipinski definition) is 2. The summed E-state index contributed by atoms with van der Waals surface area (Å²) in [4.78, 5) is 14.3. The highest BCUT2D eigenvalue weighted by Gasteiger charge is 2.05. The molecule has 0 N–H and O–H groups in total. The van der Waals surface area contributed by atoms with Crippen LogP contribution < -0.4 is 0 Å². The number of aldehydes is 1. The molecule has 0 unspecified atom stereocenters. The molecule has 0 saturated carbocycles. The van der Waals surface area contributed by atoms with Crippen molar-refractivity contribution in [1.82, 2.24) is 9.38 Å². The van der Waals surface area contributed by atoms with E-state index in [0.29, 0.717) is 11.4 Å². The first-order valence-corrected chi connectivity index (χ1v) is 4.45. The van der Waals surface area contributed by atoms with E-state index >= 15 is 0 Å². The molecule has 70 valence electrons. The van der Waals surface area contributed by atoms with E-state index in [-0.39, 0.29) is 0 Å². The molecule has 0 aliphatic carbocycles. The first kappa shape index (κ1) is 8.97. The van der Waals surface area contributed by atoms with Crippen molar-refractivity contribution in [2.75, 3.05) is 0 Å². The molecule has 0 spiro atoms. The highest BCUT2D eigenvalue weighted by molar-refractivity contribution is 6.31. The van der Waals surface area contributed by atoms with Crippen LogP contribution in [0.5, 0.6) is 0 Å². The predicted molar refractivity (Wildman–Crippen MR) is 55.3 cm³/mol. The first-order valence-electron chi connectivity index (χ1n) is 4.07. The molecule has 2 aromatic rings. The standard InChI is InChI=1S/C10H7ClN2O/c11-10-8(4-3-7-14)13-6-2-1-5-9(13)12-10/h1-7H. The number of allylic oxidation sites excluding steroid dienone is 1. The second-order valence-electron chi connectivity index (χ2n) is 2.71. The van der Waals surface area contributed by atoms with E-state index in [2.05, 4.69) is 4.98 Å². The summed E-state index contributed by atoms with van der Waals surface area (Å²) < 4.78 is 1.82. The van der Waals surface area contributed by atoms with Gasteiger partial charge in [-0.05, 0) is 24.3 Å². The summed E-state index contributed by atoms with van der Waals surface area (Å²) >= 11 is 5.90. The Kier molecular flexibility index (Phi) is 2.33. The lowest BCUT2D eigenvalue weighted by molar-refractivity contribution is -0.104. The summed E-state index contributed by atoms with van der Waals surface area (Å²) in [5.74, 6) is 0. The molecule has 14 heavy (non-hydrogen) atoms. The van der Waals surface area contributed by atoms with Gasteiger partial charge in [-0.1, -0.05) is 17.7 Å². The van der Waals surface area contributed by atoms with Crippen molar-refractivity contribution < 1.29 is 4.79 Å². The third kappa shape index (κ3) is 1.42. The molecule has 0 atom stereocenters. The summed E-state index contributed by atoms with van der Waals surface area (Å²) in [6.45, 7) is 0. The SMILES string of the molecule is O=CC=Cc1c(Cl)nc2ccccn12. The van der Waals surface area contributed by atoms with E-state index < -0.39 is 0 Å². The van der Waals surface area contributed by atoms with E-state index in [1.165, 1.54) is 6.08 Å². The van der Waals surface area contributed by atoms with E-state index in [1.807, 2.05) is 28.8 Å². The molecular weight excluding hydrogens is 200 g/mol. The number of fused-ring (bicyclic) bond motifs is 1. The average molecular weight is 207 g/mol. The highest BCUT2D eigenvalue weighted by atomic mass is 35.5. The summed E-state index contributed by atoms with van der Waals surface area (Å²) in [6.07, 6.45) is 5.58. The van der Waals surface area contributed by atoms with Gasteiger partial charge in [0.1, 0.15) is 11.9 Å². The number of carbonyl (C=O) groups excluding carboxylic acids is 1. The lowest BCUT2D eigenvalue weighted by Crippen LogP contribution is -1.85. The topological polar surface area (TPSA) is 34.4 Å². The molecule has 0 aliphatic heterocycles. The minimum atomic E-state index is 0.398. The molecule has 4 heteroatoms. The van der Waals surface area contributed by atoms with E-state index in [1.54, 1.807) is 6.08 Å². The van der Waals surface area contributed by atoms with Crippen LogP contribution in [-0.4, -0.2) is 15.7 Å². The van der Waals surface area contributed by atoms with Gasteiger partial charge >= 0.3 is 0 Å². The Morgan fingerprint density at radius 3 is 3.07 bits per heavy atom. The number of nitrogens with zero attached hydrogens (tertiary/aromatic N) is 2. The largest absolute Gasteiger partial charge is 0.299 e. The maximum atomic E-state index is 10.2. The van der Waals surface area contributed by atoms with Gasteiger partial charge in [-0.25, -0.2) is 4.98 Å². The highest BCUT2D eigenvalue weighted by Crippen LogP contribution is 2.18. The van der Waals surface area contributed by atoms with Gasteiger partial charge in [0, 0.05) is 6.20 Å². The molecule has 0 radical (unpaired) electrons. The van der Waals surface area contributed by atoms with E-state index in [4.69, 9.17) is 11.6 Å². The van der Waals surface area contributed by atoms with Crippen molar-refractivity contribution in [3.05, 3.63) is 41.3 Å². The van der Waals surface area contributed by atoms with Crippen LogP contribution in [-0.2, 0) is 4.79 Å². The van der Waals surface area contributed by atoms with Crippen LogP contribution in [0.1, 0.15) is 5.69 Å². The number of rotatable bonds is 2. The molecule has 0 bridgehead atoms. The minimum Gasteiger partial charge on any atom is -0.299 e. The van der Waals surface area contributed by atoms with Gasteiger partial charge in [-0.2, -0.15) is 0 Å². The normalized spacial score (nSPS) is 11.2. The van der Waals surface area contributed by atoms with Gasteiger partial charge in [-0.15, -0.1) is 0 Å². The molecule has 0 aromatic carbocycles. The zero-order chi connectivity index (χ0) is 9.97. The van der Waals surface area contributed by atoms with Crippen LogP contribution in [0, 0.1) is 0 Å². The molecule has 0 fully saturated rings. The maximum Gasteiger partial charge on any atom is 0.155 e. The Bertz CT molecular complexity index is 502. The molecule has 0 aliphatic rings. The van der Waals surface area contributed by atoms with Crippen LogP contribution >= 0.6 is 11.6 Å². The Balaban J connectivity index is 2.67. The van der Waals surface area contributed by atoms with Gasteiger partial charge in [-0.3, -0.25) is 9.20 Å². The van der Waals surface area contributed by atoms with Crippen LogP contribution in [0.25, 0.3) is 11.7 Å². The third-order valence-corrected chi connectivity index (χ3v) is 2.13. The molecule has 0 amide bonds. The quantitative estimate of drug-likeness (QED) is 0.558. The van der Waals surface area contributed by atoms with Gasteiger partial charge in [0.15, 0.2) is 5.15 Å². The van der Waals surface area contributed by atoms with Crippen molar-refractivity contribution in [3.8, 4) is 0 Å². The molecule has 0 saturated heterocycles. The third-order valence-electron chi connectivity index (χ3n) is 1.85. The smallest absolute Gasteiger partial charge is 0.155 e.